The van der Waals surface area contributed by atoms with Crippen LogP contribution in [0.5, 0.6) is 0 Å². The first-order valence-electron chi connectivity index (χ1n) is 6.18. The predicted molar refractivity (Wildman–Crippen MR) is 74.7 cm³/mol. The maximum atomic E-state index is 9.66. The normalized spacial score (nSPS) is 13.3. The van der Waals surface area contributed by atoms with Crippen molar-refractivity contribution in [2.75, 3.05) is 33.0 Å². The third kappa shape index (κ3) is 3.66. The van der Waals surface area contributed by atoms with Crippen molar-refractivity contribution >= 4 is 16.7 Å². The minimum absolute atomic E-state index is 0.334. The number of aliphatic hydroxyl groups excluding tert-OH is 1. The van der Waals surface area contributed by atoms with E-state index in [0.29, 0.717) is 25.4 Å². The SMILES string of the molecule is COCC(O)CN(C)Cc1nc2ccc(N)cc2[nH]1. The van der Waals surface area contributed by atoms with E-state index >= 15 is 0 Å². The average Bonchev–Trinajstić information content (AvgIpc) is 2.70. The number of nitrogens with one attached hydrogen (secondary N) is 1. The highest BCUT2D eigenvalue weighted by Crippen LogP contribution is 2.15. The number of aromatic nitrogens is 2. The highest BCUT2D eigenvalue weighted by molar-refractivity contribution is 5.78. The van der Waals surface area contributed by atoms with Crippen LogP contribution < -0.4 is 5.73 Å². The molecule has 0 radical (unpaired) electrons. The van der Waals surface area contributed by atoms with E-state index in [4.69, 9.17) is 10.5 Å². The van der Waals surface area contributed by atoms with Gasteiger partial charge in [-0.1, -0.05) is 0 Å². The Bertz CT molecular complexity index is 540. The molecule has 104 valence electrons. The molecule has 2 aromatic rings. The lowest BCUT2D eigenvalue weighted by molar-refractivity contribution is 0.0415. The molecule has 0 saturated heterocycles. The van der Waals surface area contributed by atoms with Crippen LogP contribution in [0.3, 0.4) is 0 Å². The molecule has 6 heteroatoms. The summed E-state index contributed by atoms with van der Waals surface area (Å²) in [5.74, 6) is 0.854. The molecule has 0 aliphatic heterocycles. The number of hydrogen-bond acceptors (Lipinski definition) is 5. The Kier molecular flexibility index (Phi) is 4.36. The molecule has 4 N–H and O–H groups in total. The highest BCUT2D eigenvalue weighted by Gasteiger charge is 2.10. The standard InChI is InChI=1S/C13H20N4O2/c1-17(6-10(18)8-19-2)7-13-15-11-4-3-9(14)5-12(11)16-13/h3-5,10,18H,6-8,14H2,1-2H3,(H,15,16). The van der Waals surface area contributed by atoms with Crippen molar-refractivity contribution in [2.45, 2.75) is 12.6 Å². The van der Waals surface area contributed by atoms with Crippen molar-refractivity contribution in [3.63, 3.8) is 0 Å². The molecule has 1 atom stereocenters. The number of imidazole rings is 1. The van der Waals surface area contributed by atoms with Gasteiger partial charge in [-0.2, -0.15) is 0 Å². The number of nitrogens with zero attached hydrogens (tertiary/aromatic N) is 2. The summed E-state index contributed by atoms with van der Waals surface area (Å²) in [5.41, 5.74) is 8.27. The van der Waals surface area contributed by atoms with Crippen LogP contribution in [0.25, 0.3) is 11.0 Å². The summed E-state index contributed by atoms with van der Waals surface area (Å²) in [5, 5.41) is 9.66. The minimum atomic E-state index is -0.491. The lowest BCUT2D eigenvalue weighted by Gasteiger charge is -2.18. The van der Waals surface area contributed by atoms with Crippen molar-refractivity contribution in [2.24, 2.45) is 0 Å². The van der Waals surface area contributed by atoms with Crippen molar-refractivity contribution in [3.8, 4) is 0 Å². The Morgan fingerprint density at radius 1 is 1.53 bits per heavy atom. The predicted octanol–water partition coefficient (Wildman–Crippen LogP) is 0.584. The first-order valence-corrected chi connectivity index (χ1v) is 6.18. The van der Waals surface area contributed by atoms with Gasteiger partial charge in [0.25, 0.3) is 0 Å². The average molecular weight is 264 g/mol. The molecular weight excluding hydrogens is 244 g/mol. The number of anilines is 1. The van der Waals surface area contributed by atoms with Gasteiger partial charge in [0.2, 0.25) is 0 Å². The molecule has 2 rings (SSSR count). The van der Waals surface area contributed by atoms with Gasteiger partial charge in [0.15, 0.2) is 0 Å². The highest BCUT2D eigenvalue weighted by atomic mass is 16.5. The fraction of sp³-hybridized carbons (Fsp3) is 0.462. The smallest absolute Gasteiger partial charge is 0.121 e. The molecule has 0 fully saturated rings. The topological polar surface area (TPSA) is 87.4 Å². The van der Waals surface area contributed by atoms with E-state index in [1.807, 2.05) is 30.1 Å². The lowest BCUT2D eigenvalue weighted by Crippen LogP contribution is -2.31. The van der Waals surface area contributed by atoms with Crippen LogP contribution in [0.4, 0.5) is 5.69 Å². The molecule has 0 aliphatic rings. The molecular formula is C13H20N4O2. The first kappa shape index (κ1) is 13.8. The maximum Gasteiger partial charge on any atom is 0.121 e. The fourth-order valence-electron chi connectivity index (χ4n) is 2.08. The van der Waals surface area contributed by atoms with E-state index in [1.165, 1.54) is 0 Å². The van der Waals surface area contributed by atoms with E-state index in [-0.39, 0.29) is 0 Å². The van der Waals surface area contributed by atoms with Gasteiger partial charge in [0, 0.05) is 19.3 Å². The van der Waals surface area contributed by atoms with Gasteiger partial charge in [-0.25, -0.2) is 4.98 Å². The molecule has 1 aromatic carbocycles. The number of rotatable bonds is 6. The molecule has 0 spiro atoms. The third-order valence-electron chi connectivity index (χ3n) is 2.86. The summed E-state index contributed by atoms with van der Waals surface area (Å²) >= 11 is 0. The third-order valence-corrected chi connectivity index (χ3v) is 2.86. The zero-order valence-corrected chi connectivity index (χ0v) is 11.3. The second-order valence-corrected chi connectivity index (χ2v) is 4.77. The Balaban J connectivity index is 2.00. The van der Waals surface area contributed by atoms with Crippen molar-refractivity contribution in [3.05, 3.63) is 24.0 Å². The number of nitrogens with two attached hydrogens (primary N) is 1. The van der Waals surface area contributed by atoms with Crippen LogP contribution in [-0.4, -0.2) is 53.4 Å². The number of benzene rings is 1. The largest absolute Gasteiger partial charge is 0.399 e. The molecule has 1 heterocycles. The number of H-pyrrole nitrogens is 1. The summed E-state index contributed by atoms with van der Waals surface area (Å²) in [6, 6.07) is 5.59. The molecule has 0 saturated carbocycles. The van der Waals surface area contributed by atoms with Gasteiger partial charge >= 0.3 is 0 Å². The van der Waals surface area contributed by atoms with Crippen molar-refractivity contribution in [1.29, 1.82) is 0 Å². The molecule has 0 amide bonds. The number of fused-ring (bicyclic) bond motifs is 1. The van der Waals surface area contributed by atoms with Crippen LogP contribution in [-0.2, 0) is 11.3 Å². The number of aliphatic hydroxyl groups is 1. The van der Waals surface area contributed by atoms with Crippen molar-refractivity contribution in [1.82, 2.24) is 14.9 Å². The number of hydrogen-bond donors (Lipinski definition) is 3. The zero-order chi connectivity index (χ0) is 13.8. The summed E-state index contributed by atoms with van der Waals surface area (Å²) in [6.45, 7) is 1.50. The van der Waals surface area contributed by atoms with Gasteiger partial charge in [-0.15, -0.1) is 0 Å². The van der Waals surface area contributed by atoms with E-state index in [2.05, 4.69) is 9.97 Å². The quantitative estimate of drug-likeness (QED) is 0.664. The minimum Gasteiger partial charge on any atom is -0.399 e. The number of aromatic amines is 1. The molecule has 1 unspecified atom stereocenters. The Morgan fingerprint density at radius 3 is 3.05 bits per heavy atom. The van der Waals surface area contributed by atoms with E-state index in [0.717, 1.165) is 16.9 Å². The Labute approximate surface area is 112 Å². The van der Waals surface area contributed by atoms with Crippen LogP contribution in [0, 0.1) is 0 Å². The second-order valence-electron chi connectivity index (χ2n) is 4.77. The zero-order valence-electron chi connectivity index (χ0n) is 11.3. The van der Waals surface area contributed by atoms with Gasteiger partial charge in [0.05, 0.1) is 30.3 Å². The lowest BCUT2D eigenvalue weighted by atomic mass is 10.3. The Hall–Kier alpha value is -1.63. The van der Waals surface area contributed by atoms with Gasteiger partial charge < -0.3 is 20.6 Å². The monoisotopic (exact) mass is 264 g/mol. The Morgan fingerprint density at radius 2 is 2.32 bits per heavy atom. The summed E-state index contributed by atoms with van der Waals surface area (Å²) in [6.07, 6.45) is -0.491. The summed E-state index contributed by atoms with van der Waals surface area (Å²) < 4.78 is 4.90. The molecule has 6 nitrogen and oxygen atoms in total. The molecule has 0 aliphatic carbocycles. The fourth-order valence-corrected chi connectivity index (χ4v) is 2.08. The molecule has 0 bridgehead atoms. The van der Waals surface area contributed by atoms with Crippen LogP contribution in [0.15, 0.2) is 18.2 Å². The summed E-state index contributed by atoms with van der Waals surface area (Å²) in [4.78, 5) is 9.70. The van der Waals surface area contributed by atoms with E-state index in [1.54, 1.807) is 7.11 Å². The second kappa shape index (κ2) is 6.01. The van der Waals surface area contributed by atoms with Gasteiger partial charge in [0.1, 0.15) is 5.82 Å². The van der Waals surface area contributed by atoms with Crippen LogP contribution in [0.1, 0.15) is 5.82 Å². The molecule has 19 heavy (non-hydrogen) atoms. The first-order chi connectivity index (χ1) is 9.08. The van der Waals surface area contributed by atoms with Crippen molar-refractivity contribution < 1.29 is 9.84 Å². The maximum absolute atomic E-state index is 9.66. The summed E-state index contributed by atoms with van der Waals surface area (Å²) in [7, 11) is 3.51. The van der Waals surface area contributed by atoms with Crippen LogP contribution >= 0.6 is 0 Å². The van der Waals surface area contributed by atoms with Gasteiger partial charge in [-0.3, -0.25) is 4.90 Å². The molecule has 1 aromatic heterocycles. The van der Waals surface area contributed by atoms with Gasteiger partial charge in [-0.05, 0) is 25.2 Å². The number of nitrogen functional groups attached to an aromatic ring is 1. The number of likely N-dealkylation sites (N-methyl/N-ethyl adjacent to an activating group) is 1. The van der Waals surface area contributed by atoms with E-state index < -0.39 is 6.10 Å². The van der Waals surface area contributed by atoms with E-state index in [9.17, 15) is 5.11 Å². The number of ether oxygens (including phenoxy) is 1. The van der Waals surface area contributed by atoms with Crippen LogP contribution in [0.2, 0.25) is 0 Å². The number of methoxy groups -OCH3 is 1.